The number of benzene rings is 1. The topological polar surface area (TPSA) is 69.7 Å². The molecule has 0 saturated carbocycles. The number of hydrogen-bond acceptors (Lipinski definition) is 3. The molecule has 1 saturated heterocycles. The minimum absolute atomic E-state index is 0.115. The fourth-order valence-corrected chi connectivity index (χ4v) is 2.51. The predicted molar refractivity (Wildman–Crippen MR) is 83.9 cm³/mol. The normalized spacial score (nSPS) is 15.1. The number of carbonyl (C=O) groups is 3. The van der Waals surface area contributed by atoms with Crippen LogP contribution >= 0.6 is 11.6 Å². The molecule has 0 aliphatic carbocycles. The summed E-state index contributed by atoms with van der Waals surface area (Å²) in [6.45, 7) is 2.32. The third kappa shape index (κ3) is 4.62. The average molecular weight is 378 g/mol. The van der Waals surface area contributed by atoms with Gasteiger partial charge in [0.2, 0.25) is 5.91 Å². The molecular weight excluding hydrogens is 363 g/mol. The first-order valence-corrected chi connectivity index (χ1v) is 7.70. The van der Waals surface area contributed by atoms with Crippen LogP contribution in [0, 0.1) is 0 Å². The zero-order valence-electron chi connectivity index (χ0n) is 13.2. The van der Waals surface area contributed by atoms with E-state index in [9.17, 15) is 27.6 Å². The number of anilines is 1. The molecule has 3 amide bonds. The van der Waals surface area contributed by atoms with Crippen molar-refractivity contribution in [3.63, 3.8) is 0 Å². The maximum atomic E-state index is 12.7. The third-order valence-corrected chi connectivity index (χ3v) is 4.08. The highest BCUT2D eigenvalue weighted by Crippen LogP contribution is 2.33. The van der Waals surface area contributed by atoms with Crippen LogP contribution < -0.4 is 5.32 Å². The molecule has 1 N–H and O–H groups in total. The molecule has 2 rings (SSSR count). The molecule has 1 aliphatic rings. The molecule has 0 aromatic heterocycles. The summed E-state index contributed by atoms with van der Waals surface area (Å²) in [6, 6.07) is 2.44. The molecule has 0 bridgehead atoms. The van der Waals surface area contributed by atoms with Crippen molar-refractivity contribution in [3.8, 4) is 0 Å². The highest BCUT2D eigenvalue weighted by molar-refractivity contribution is 6.41. The molecule has 0 atom stereocenters. The Morgan fingerprint density at radius 1 is 1.08 bits per heavy atom. The number of alkyl halides is 3. The Kier molecular flexibility index (Phi) is 5.56. The number of piperazine rings is 1. The van der Waals surface area contributed by atoms with E-state index < -0.39 is 23.6 Å². The Morgan fingerprint density at radius 3 is 2.16 bits per heavy atom. The molecule has 1 aromatic rings. The van der Waals surface area contributed by atoms with Gasteiger partial charge >= 0.3 is 18.0 Å². The summed E-state index contributed by atoms with van der Waals surface area (Å²) in [6.07, 6.45) is -4.60. The van der Waals surface area contributed by atoms with Gasteiger partial charge in [0, 0.05) is 33.1 Å². The molecular formula is C15H15ClF3N3O3. The van der Waals surface area contributed by atoms with Gasteiger partial charge in [-0.3, -0.25) is 14.4 Å². The first-order valence-electron chi connectivity index (χ1n) is 7.32. The second kappa shape index (κ2) is 7.30. The van der Waals surface area contributed by atoms with E-state index in [0.717, 1.165) is 12.1 Å². The number of rotatable bonds is 1. The molecule has 10 heteroatoms. The Balaban J connectivity index is 2.05. The number of carbonyl (C=O) groups excluding carboxylic acids is 3. The van der Waals surface area contributed by atoms with Gasteiger partial charge in [0.25, 0.3) is 0 Å². The molecule has 25 heavy (non-hydrogen) atoms. The van der Waals surface area contributed by atoms with E-state index in [-0.39, 0.29) is 29.7 Å². The molecule has 0 radical (unpaired) electrons. The Morgan fingerprint density at radius 2 is 1.64 bits per heavy atom. The summed E-state index contributed by atoms with van der Waals surface area (Å²) < 4.78 is 38.2. The van der Waals surface area contributed by atoms with Gasteiger partial charge in [-0.1, -0.05) is 11.6 Å². The lowest BCUT2D eigenvalue weighted by atomic mass is 10.2. The lowest BCUT2D eigenvalue weighted by Gasteiger charge is -2.33. The summed E-state index contributed by atoms with van der Waals surface area (Å²) in [5, 5.41) is 2.00. The fourth-order valence-electron chi connectivity index (χ4n) is 2.34. The van der Waals surface area contributed by atoms with E-state index in [2.05, 4.69) is 5.32 Å². The summed E-state index contributed by atoms with van der Waals surface area (Å²) in [5.74, 6) is -2.11. The quantitative estimate of drug-likeness (QED) is 0.761. The molecule has 0 spiro atoms. The second-order valence-corrected chi connectivity index (χ2v) is 5.85. The Bertz CT molecular complexity index is 701. The number of nitrogens with one attached hydrogen (secondary N) is 1. The Labute approximate surface area is 146 Å². The first-order chi connectivity index (χ1) is 11.6. The van der Waals surface area contributed by atoms with E-state index in [1.807, 2.05) is 0 Å². The van der Waals surface area contributed by atoms with Crippen LogP contribution in [0.2, 0.25) is 5.02 Å². The van der Waals surface area contributed by atoms with Gasteiger partial charge in [0.15, 0.2) is 0 Å². The summed E-state index contributed by atoms with van der Waals surface area (Å²) in [4.78, 5) is 38.1. The van der Waals surface area contributed by atoms with Crippen LogP contribution in [0.3, 0.4) is 0 Å². The van der Waals surface area contributed by atoms with E-state index in [1.54, 1.807) is 0 Å². The average Bonchev–Trinajstić information content (AvgIpc) is 2.55. The molecule has 1 fully saturated rings. The van der Waals surface area contributed by atoms with Crippen molar-refractivity contribution < 1.29 is 27.6 Å². The largest absolute Gasteiger partial charge is 0.416 e. The van der Waals surface area contributed by atoms with Crippen LogP contribution in [0.25, 0.3) is 0 Å². The standard InChI is InChI=1S/C15H15ClF3N3O3/c1-9(23)21-4-6-22(7-5-21)14(25)13(24)20-12-8-10(15(17,18)19)2-3-11(12)16/h2-3,8H,4-7H2,1H3,(H,20,24). The van der Waals surface area contributed by atoms with Crippen molar-refractivity contribution in [2.75, 3.05) is 31.5 Å². The van der Waals surface area contributed by atoms with Gasteiger partial charge in [-0.05, 0) is 18.2 Å². The van der Waals surface area contributed by atoms with Gasteiger partial charge < -0.3 is 15.1 Å². The minimum atomic E-state index is -4.60. The van der Waals surface area contributed by atoms with E-state index >= 15 is 0 Å². The zero-order chi connectivity index (χ0) is 18.8. The molecule has 136 valence electrons. The lowest BCUT2D eigenvalue weighted by Crippen LogP contribution is -2.52. The lowest BCUT2D eigenvalue weighted by molar-refractivity contribution is -0.145. The van der Waals surface area contributed by atoms with E-state index in [1.165, 1.54) is 16.7 Å². The van der Waals surface area contributed by atoms with Gasteiger partial charge in [-0.15, -0.1) is 0 Å². The van der Waals surface area contributed by atoms with Gasteiger partial charge in [-0.25, -0.2) is 0 Å². The van der Waals surface area contributed by atoms with Crippen LogP contribution in [0.5, 0.6) is 0 Å². The van der Waals surface area contributed by atoms with Crippen LogP contribution in [0.15, 0.2) is 18.2 Å². The highest BCUT2D eigenvalue weighted by Gasteiger charge is 2.32. The van der Waals surface area contributed by atoms with Crippen molar-refractivity contribution in [2.24, 2.45) is 0 Å². The van der Waals surface area contributed by atoms with E-state index in [0.29, 0.717) is 19.2 Å². The molecule has 0 unspecified atom stereocenters. The van der Waals surface area contributed by atoms with Gasteiger partial charge in [0.1, 0.15) is 0 Å². The van der Waals surface area contributed by atoms with Crippen molar-refractivity contribution in [3.05, 3.63) is 28.8 Å². The van der Waals surface area contributed by atoms with Crippen molar-refractivity contribution in [2.45, 2.75) is 13.1 Å². The van der Waals surface area contributed by atoms with Crippen LogP contribution in [-0.2, 0) is 20.6 Å². The molecule has 1 heterocycles. The highest BCUT2D eigenvalue weighted by atomic mass is 35.5. The number of nitrogens with zero attached hydrogens (tertiary/aromatic N) is 2. The van der Waals surface area contributed by atoms with Crippen molar-refractivity contribution in [1.29, 1.82) is 0 Å². The van der Waals surface area contributed by atoms with Gasteiger partial charge in [-0.2, -0.15) is 13.2 Å². The van der Waals surface area contributed by atoms with Crippen LogP contribution in [-0.4, -0.2) is 53.7 Å². The van der Waals surface area contributed by atoms with Crippen molar-refractivity contribution >= 4 is 35.0 Å². The SMILES string of the molecule is CC(=O)N1CCN(C(=O)C(=O)Nc2cc(C(F)(F)F)ccc2Cl)CC1. The summed E-state index contributed by atoms with van der Waals surface area (Å²) in [5.41, 5.74) is -1.29. The zero-order valence-corrected chi connectivity index (χ0v) is 13.9. The number of amides is 3. The van der Waals surface area contributed by atoms with Crippen molar-refractivity contribution in [1.82, 2.24) is 9.80 Å². The maximum Gasteiger partial charge on any atom is 0.416 e. The Hall–Kier alpha value is -2.29. The van der Waals surface area contributed by atoms with Crippen LogP contribution in [0.1, 0.15) is 12.5 Å². The third-order valence-electron chi connectivity index (χ3n) is 3.75. The fraction of sp³-hybridized carbons (Fsp3) is 0.400. The minimum Gasteiger partial charge on any atom is -0.339 e. The molecule has 1 aromatic carbocycles. The summed E-state index contributed by atoms with van der Waals surface area (Å²) >= 11 is 5.78. The van der Waals surface area contributed by atoms with Gasteiger partial charge in [0.05, 0.1) is 16.3 Å². The first kappa shape index (κ1) is 19.0. The smallest absolute Gasteiger partial charge is 0.339 e. The summed E-state index contributed by atoms with van der Waals surface area (Å²) in [7, 11) is 0. The molecule has 6 nitrogen and oxygen atoms in total. The molecule has 1 aliphatic heterocycles. The number of hydrogen-bond donors (Lipinski definition) is 1. The maximum absolute atomic E-state index is 12.7. The monoisotopic (exact) mass is 377 g/mol. The predicted octanol–water partition coefficient (Wildman–Crippen LogP) is 1.99. The second-order valence-electron chi connectivity index (χ2n) is 5.44. The number of halogens is 4. The van der Waals surface area contributed by atoms with E-state index in [4.69, 9.17) is 11.6 Å². The van der Waals surface area contributed by atoms with Crippen LogP contribution in [0.4, 0.5) is 18.9 Å².